The van der Waals surface area contributed by atoms with Gasteiger partial charge in [-0.3, -0.25) is 38.9 Å². The summed E-state index contributed by atoms with van der Waals surface area (Å²) in [6.07, 6.45) is -0.254. The molecule has 0 saturated carbocycles. The zero-order valence-electron chi connectivity index (χ0n) is 22.6. The molecule has 0 bridgehead atoms. The average Bonchev–Trinajstić information content (AvgIpc) is 3.35. The van der Waals surface area contributed by atoms with Crippen molar-refractivity contribution >= 4 is 60.0 Å². The number of carbonyl (C=O) groups excluding carboxylic acids is 6. The predicted molar refractivity (Wildman–Crippen MR) is 145 cm³/mol. The standard InChI is InChI=1S/C16H26N6O7.C6H12N2O3S/c1-7(20-14(26)8(17)5-11(18)23)13(25)21-9(6-12(19)24)15(27)22-4-2-3-10(22)16(28)29;1-4(9)7-3-8-5(2-12)6(10)11/h7-10H,2-6,17H2,1H3,(H2,18,23)(H2,19,24)(H,20,26)(H,21,25)(H,28,29);5,8,12H,2-3H2,1H3,(H,7,9)(H,10,11)/t7-,8-,9-,10-;5-/m01/s1. The molecule has 12 N–H and O–H groups in total. The van der Waals surface area contributed by atoms with Crippen LogP contribution in [-0.2, 0) is 38.4 Å². The van der Waals surface area contributed by atoms with Crippen LogP contribution in [0.2, 0.25) is 0 Å². The van der Waals surface area contributed by atoms with Gasteiger partial charge in [-0.05, 0) is 19.8 Å². The lowest BCUT2D eigenvalue weighted by Crippen LogP contribution is -2.57. The molecule has 18 nitrogen and oxygen atoms in total. The van der Waals surface area contributed by atoms with Gasteiger partial charge in [0.25, 0.3) is 0 Å². The van der Waals surface area contributed by atoms with Crippen molar-refractivity contribution in [3.63, 3.8) is 0 Å². The van der Waals surface area contributed by atoms with Gasteiger partial charge < -0.3 is 48.3 Å². The molecular formula is C22H38N8O10S. The van der Waals surface area contributed by atoms with Gasteiger partial charge in [0.2, 0.25) is 35.4 Å². The Labute approximate surface area is 240 Å². The molecule has 41 heavy (non-hydrogen) atoms. The number of carboxylic acids is 2. The van der Waals surface area contributed by atoms with Gasteiger partial charge in [0, 0.05) is 19.2 Å². The molecule has 0 spiro atoms. The number of nitrogens with two attached hydrogens (primary N) is 3. The third-order valence-electron chi connectivity index (χ3n) is 5.52. The Hall–Kier alpha value is -3.97. The maximum absolute atomic E-state index is 12.7. The molecule has 1 heterocycles. The average molecular weight is 607 g/mol. The zero-order chi connectivity index (χ0) is 31.9. The fourth-order valence-electron chi connectivity index (χ4n) is 3.41. The zero-order valence-corrected chi connectivity index (χ0v) is 23.5. The SMILES string of the molecule is CC(=O)NCN[C@H](CS)C(=O)O.C[C@H](NC(=O)[C@@H](N)CC(N)=O)C(=O)N[C@@H](CC(N)=O)C(=O)N1CCC[C@H]1C(=O)O. The number of aliphatic carboxylic acids is 2. The van der Waals surface area contributed by atoms with E-state index in [2.05, 4.69) is 33.9 Å². The Morgan fingerprint density at radius 2 is 1.54 bits per heavy atom. The Morgan fingerprint density at radius 3 is 2.00 bits per heavy atom. The highest BCUT2D eigenvalue weighted by Crippen LogP contribution is 2.19. The second kappa shape index (κ2) is 18.4. The summed E-state index contributed by atoms with van der Waals surface area (Å²) >= 11 is 3.82. The van der Waals surface area contributed by atoms with E-state index in [0.717, 1.165) is 4.90 Å². The molecule has 1 rings (SSSR count). The summed E-state index contributed by atoms with van der Waals surface area (Å²) in [6.45, 7) is 2.96. The first-order valence-corrected chi connectivity index (χ1v) is 12.9. The monoisotopic (exact) mass is 606 g/mol. The Balaban J connectivity index is 0.00000112. The highest BCUT2D eigenvalue weighted by Gasteiger charge is 2.38. The van der Waals surface area contributed by atoms with E-state index < -0.39 is 84.5 Å². The molecule has 19 heteroatoms. The minimum atomic E-state index is -1.39. The molecule has 0 aromatic carbocycles. The molecule has 0 aromatic rings. The molecule has 232 valence electrons. The van der Waals surface area contributed by atoms with Crippen LogP contribution in [0.1, 0.15) is 39.5 Å². The van der Waals surface area contributed by atoms with Crippen molar-refractivity contribution in [2.45, 2.75) is 69.7 Å². The number of hydrogen-bond acceptors (Lipinski definition) is 11. The Morgan fingerprint density at radius 1 is 0.951 bits per heavy atom. The fraction of sp³-hybridized carbons (Fsp3) is 0.636. The maximum Gasteiger partial charge on any atom is 0.326 e. The summed E-state index contributed by atoms with van der Waals surface area (Å²) in [7, 11) is 0. The van der Waals surface area contributed by atoms with E-state index in [4.69, 9.17) is 22.3 Å². The fourth-order valence-corrected chi connectivity index (χ4v) is 3.69. The topological polar surface area (TPSA) is 306 Å². The second-order valence-corrected chi connectivity index (χ2v) is 9.32. The number of primary amides is 2. The van der Waals surface area contributed by atoms with E-state index in [9.17, 15) is 43.5 Å². The van der Waals surface area contributed by atoms with Gasteiger partial charge in [0.05, 0.1) is 25.6 Å². The van der Waals surface area contributed by atoms with Gasteiger partial charge in [0.1, 0.15) is 24.2 Å². The normalized spacial score (nSPS) is 17.0. The minimum absolute atomic E-state index is 0.146. The summed E-state index contributed by atoms with van der Waals surface area (Å²) in [5.41, 5.74) is 15.6. The number of likely N-dealkylation sites (tertiary alicyclic amines) is 1. The molecule has 0 aliphatic carbocycles. The molecule has 1 saturated heterocycles. The Bertz CT molecular complexity index is 997. The van der Waals surface area contributed by atoms with E-state index in [0.29, 0.717) is 6.42 Å². The van der Waals surface area contributed by atoms with Crippen LogP contribution in [0, 0.1) is 0 Å². The molecular weight excluding hydrogens is 568 g/mol. The van der Waals surface area contributed by atoms with E-state index >= 15 is 0 Å². The predicted octanol–water partition coefficient (Wildman–Crippen LogP) is -4.82. The van der Waals surface area contributed by atoms with Crippen LogP contribution in [0.25, 0.3) is 0 Å². The maximum atomic E-state index is 12.7. The van der Waals surface area contributed by atoms with Gasteiger partial charge in [-0.15, -0.1) is 0 Å². The van der Waals surface area contributed by atoms with Crippen LogP contribution in [0.3, 0.4) is 0 Å². The number of carboxylic acid groups (broad SMARTS) is 2. The number of carbonyl (C=O) groups is 8. The van der Waals surface area contributed by atoms with Crippen LogP contribution >= 0.6 is 12.6 Å². The van der Waals surface area contributed by atoms with Gasteiger partial charge in [-0.2, -0.15) is 12.6 Å². The quantitative estimate of drug-likeness (QED) is 0.0620. The highest BCUT2D eigenvalue weighted by molar-refractivity contribution is 7.80. The number of amides is 6. The lowest BCUT2D eigenvalue weighted by molar-refractivity contribution is -0.149. The van der Waals surface area contributed by atoms with E-state index in [1.165, 1.54) is 13.8 Å². The molecule has 0 unspecified atom stereocenters. The van der Waals surface area contributed by atoms with Crippen LogP contribution in [0.4, 0.5) is 0 Å². The summed E-state index contributed by atoms with van der Waals surface area (Å²) in [6, 6.07) is -5.59. The second-order valence-electron chi connectivity index (χ2n) is 8.95. The lowest BCUT2D eigenvalue weighted by atomic mass is 10.1. The first-order chi connectivity index (χ1) is 19.0. The number of thiol groups is 1. The Kier molecular flexibility index (Phi) is 16.6. The van der Waals surface area contributed by atoms with Crippen molar-refractivity contribution in [2.24, 2.45) is 17.2 Å². The molecule has 0 radical (unpaired) electrons. The summed E-state index contributed by atoms with van der Waals surface area (Å²) in [4.78, 5) is 92.2. The smallest absolute Gasteiger partial charge is 0.326 e. The van der Waals surface area contributed by atoms with E-state index in [-0.39, 0.29) is 31.3 Å². The van der Waals surface area contributed by atoms with Gasteiger partial charge in [0.15, 0.2) is 0 Å². The third kappa shape index (κ3) is 14.3. The van der Waals surface area contributed by atoms with E-state index in [1.54, 1.807) is 0 Å². The highest BCUT2D eigenvalue weighted by atomic mass is 32.1. The molecule has 1 aliphatic heterocycles. The van der Waals surface area contributed by atoms with Crippen molar-refractivity contribution in [2.75, 3.05) is 19.0 Å². The molecule has 0 aromatic heterocycles. The first kappa shape index (κ1) is 37.0. The van der Waals surface area contributed by atoms with Crippen LogP contribution < -0.4 is 38.5 Å². The first-order valence-electron chi connectivity index (χ1n) is 12.3. The molecule has 6 amide bonds. The largest absolute Gasteiger partial charge is 0.480 e. The number of nitrogens with zero attached hydrogens (tertiary/aromatic N) is 1. The van der Waals surface area contributed by atoms with Crippen molar-refractivity contribution < 1.29 is 48.6 Å². The van der Waals surface area contributed by atoms with Crippen LogP contribution in [0.5, 0.6) is 0 Å². The van der Waals surface area contributed by atoms with Crippen LogP contribution in [-0.4, -0.2) is 112 Å². The van der Waals surface area contributed by atoms with Crippen molar-refractivity contribution in [1.29, 1.82) is 0 Å². The van der Waals surface area contributed by atoms with Crippen LogP contribution in [0.15, 0.2) is 0 Å². The summed E-state index contributed by atoms with van der Waals surface area (Å²) in [5, 5.41) is 27.3. The van der Waals surface area contributed by atoms with Gasteiger partial charge in [-0.1, -0.05) is 0 Å². The number of hydrogen-bond donors (Lipinski definition) is 10. The number of rotatable bonds is 15. The van der Waals surface area contributed by atoms with Gasteiger partial charge >= 0.3 is 11.9 Å². The minimum Gasteiger partial charge on any atom is -0.480 e. The molecule has 1 fully saturated rings. The molecule has 1 aliphatic rings. The lowest BCUT2D eigenvalue weighted by Gasteiger charge is -2.27. The van der Waals surface area contributed by atoms with Crippen molar-refractivity contribution in [3.05, 3.63) is 0 Å². The molecule has 5 atom stereocenters. The van der Waals surface area contributed by atoms with Gasteiger partial charge in [-0.25, -0.2) is 4.79 Å². The number of nitrogens with one attached hydrogen (secondary N) is 4. The van der Waals surface area contributed by atoms with Crippen molar-refractivity contribution in [1.82, 2.24) is 26.2 Å². The summed E-state index contributed by atoms with van der Waals surface area (Å²) in [5.74, 6) is -6.25. The third-order valence-corrected chi connectivity index (χ3v) is 5.88. The van der Waals surface area contributed by atoms with Crippen molar-refractivity contribution in [3.8, 4) is 0 Å². The summed E-state index contributed by atoms with van der Waals surface area (Å²) < 4.78 is 0. The van der Waals surface area contributed by atoms with E-state index in [1.807, 2.05) is 0 Å².